The first-order valence-corrected chi connectivity index (χ1v) is 5.43. The Morgan fingerprint density at radius 3 is 2.86 bits per heavy atom. The normalized spacial score (nSPS) is 10.8. The Labute approximate surface area is 90.7 Å². The van der Waals surface area contributed by atoms with Gasteiger partial charge in [-0.15, -0.1) is 0 Å². The van der Waals surface area contributed by atoms with E-state index in [4.69, 9.17) is 0 Å². The molecule has 0 N–H and O–H groups in total. The van der Waals surface area contributed by atoms with E-state index in [1.165, 1.54) is 5.56 Å². The Balaban J connectivity index is 2.62. The third kappa shape index (κ3) is 1.37. The molecular formula is C9H11BrN4. The van der Waals surface area contributed by atoms with Gasteiger partial charge in [0.05, 0.1) is 5.69 Å². The number of imidazole rings is 1. The second-order valence-electron chi connectivity index (χ2n) is 3.11. The van der Waals surface area contributed by atoms with Crippen LogP contribution in [-0.4, -0.2) is 19.3 Å². The highest BCUT2D eigenvalue weighted by Gasteiger charge is 2.12. The van der Waals surface area contributed by atoms with Crippen LogP contribution < -0.4 is 0 Å². The highest BCUT2D eigenvalue weighted by molar-refractivity contribution is 9.08. The zero-order valence-corrected chi connectivity index (χ0v) is 9.69. The quantitative estimate of drug-likeness (QED) is 0.767. The van der Waals surface area contributed by atoms with Crippen molar-refractivity contribution in [2.75, 3.05) is 0 Å². The second kappa shape index (κ2) is 3.57. The highest BCUT2D eigenvalue weighted by atomic mass is 79.9. The molecule has 14 heavy (non-hydrogen) atoms. The van der Waals surface area contributed by atoms with E-state index in [0.29, 0.717) is 0 Å². The Morgan fingerprint density at radius 1 is 1.50 bits per heavy atom. The average Bonchev–Trinajstić information content (AvgIpc) is 2.72. The summed E-state index contributed by atoms with van der Waals surface area (Å²) < 4.78 is 3.84. The Kier molecular flexibility index (Phi) is 2.41. The summed E-state index contributed by atoms with van der Waals surface area (Å²) in [6.07, 6.45) is 5.46. The highest BCUT2D eigenvalue weighted by Crippen LogP contribution is 2.19. The molecular weight excluding hydrogens is 244 g/mol. The van der Waals surface area contributed by atoms with Gasteiger partial charge in [-0.05, 0) is 6.92 Å². The number of hydrogen-bond donors (Lipinski definition) is 0. The van der Waals surface area contributed by atoms with Gasteiger partial charge in [-0.3, -0.25) is 9.25 Å². The molecule has 74 valence electrons. The molecule has 0 unspecified atom stereocenters. The SMILES string of the molecule is Cc1nn(C)c(-n2ccnc2)c1CBr. The van der Waals surface area contributed by atoms with Crippen LogP contribution >= 0.6 is 15.9 Å². The topological polar surface area (TPSA) is 35.6 Å². The Morgan fingerprint density at radius 2 is 2.29 bits per heavy atom. The van der Waals surface area contributed by atoms with Gasteiger partial charge in [0.1, 0.15) is 12.1 Å². The van der Waals surface area contributed by atoms with Crippen LogP contribution in [0.25, 0.3) is 5.82 Å². The predicted molar refractivity (Wildman–Crippen MR) is 57.7 cm³/mol. The van der Waals surface area contributed by atoms with Crippen LogP contribution in [0.1, 0.15) is 11.3 Å². The van der Waals surface area contributed by atoms with Crippen LogP contribution in [0.4, 0.5) is 0 Å². The van der Waals surface area contributed by atoms with E-state index in [-0.39, 0.29) is 0 Å². The first kappa shape index (κ1) is 9.45. The van der Waals surface area contributed by atoms with Crippen molar-refractivity contribution < 1.29 is 0 Å². The minimum absolute atomic E-state index is 0.806. The third-order valence-corrected chi connectivity index (χ3v) is 2.76. The van der Waals surface area contributed by atoms with E-state index in [1.807, 2.05) is 29.4 Å². The molecule has 5 heteroatoms. The molecule has 0 aliphatic heterocycles. The summed E-state index contributed by atoms with van der Waals surface area (Å²) in [6.45, 7) is 2.01. The molecule has 0 aliphatic rings. The fourth-order valence-corrected chi connectivity index (χ4v) is 2.21. The lowest BCUT2D eigenvalue weighted by Gasteiger charge is -2.04. The van der Waals surface area contributed by atoms with Crippen LogP contribution in [-0.2, 0) is 12.4 Å². The maximum absolute atomic E-state index is 4.38. The first-order valence-electron chi connectivity index (χ1n) is 4.30. The van der Waals surface area contributed by atoms with Gasteiger partial charge in [-0.1, -0.05) is 15.9 Å². The summed E-state index contributed by atoms with van der Waals surface area (Å²) >= 11 is 3.47. The molecule has 4 nitrogen and oxygen atoms in total. The largest absolute Gasteiger partial charge is 0.290 e. The molecule has 0 amide bonds. The zero-order chi connectivity index (χ0) is 10.1. The number of rotatable bonds is 2. The van der Waals surface area contributed by atoms with Gasteiger partial charge in [0.25, 0.3) is 0 Å². The minimum atomic E-state index is 0.806. The lowest BCUT2D eigenvalue weighted by Crippen LogP contribution is -2.02. The number of hydrogen-bond acceptors (Lipinski definition) is 2. The van der Waals surface area contributed by atoms with E-state index in [1.54, 1.807) is 12.5 Å². The summed E-state index contributed by atoms with van der Waals surface area (Å²) in [5, 5.41) is 5.18. The zero-order valence-electron chi connectivity index (χ0n) is 8.11. The van der Waals surface area contributed by atoms with Crippen molar-refractivity contribution in [3.63, 3.8) is 0 Å². The molecule has 2 aromatic rings. The summed E-state index contributed by atoms with van der Waals surface area (Å²) in [4.78, 5) is 4.03. The smallest absolute Gasteiger partial charge is 0.140 e. The van der Waals surface area contributed by atoms with Gasteiger partial charge in [0.15, 0.2) is 0 Å². The number of alkyl halides is 1. The van der Waals surface area contributed by atoms with Gasteiger partial charge in [0.2, 0.25) is 0 Å². The van der Waals surface area contributed by atoms with Crippen LogP contribution in [0, 0.1) is 6.92 Å². The molecule has 0 saturated heterocycles. The van der Waals surface area contributed by atoms with E-state index in [9.17, 15) is 0 Å². The van der Waals surface area contributed by atoms with E-state index in [2.05, 4.69) is 26.0 Å². The molecule has 0 aliphatic carbocycles. The van der Waals surface area contributed by atoms with Gasteiger partial charge in [-0.25, -0.2) is 4.98 Å². The van der Waals surface area contributed by atoms with Crippen LogP contribution in [0.3, 0.4) is 0 Å². The maximum Gasteiger partial charge on any atom is 0.140 e. The summed E-state index contributed by atoms with van der Waals surface area (Å²) in [5.41, 5.74) is 2.25. The molecule has 0 aromatic carbocycles. The fraction of sp³-hybridized carbons (Fsp3) is 0.333. The van der Waals surface area contributed by atoms with Crippen molar-refractivity contribution in [1.82, 2.24) is 19.3 Å². The molecule has 0 atom stereocenters. The number of aryl methyl sites for hydroxylation is 2. The van der Waals surface area contributed by atoms with Crippen molar-refractivity contribution >= 4 is 15.9 Å². The second-order valence-corrected chi connectivity index (χ2v) is 3.68. The van der Waals surface area contributed by atoms with Gasteiger partial charge in [-0.2, -0.15) is 5.10 Å². The van der Waals surface area contributed by atoms with Gasteiger partial charge >= 0.3 is 0 Å². The van der Waals surface area contributed by atoms with Crippen molar-refractivity contribution in [1.29, 1.82) is 0 Å². The summed E-state index contributed by atoms with van der Waals surface area (Å²) in [5.74, 6) is 1.07. The molecule has 0 radical (unpaired) electrons. The number of halogens is 1. The molecule has 2 heterocycles. The minimum Gasteiger partial charge on any atom is -0.290 e. The molecule has 0 spiro atoms. The molecule has 2 aromatic heterocycles. The maximum atomic E-state index is 4.38. The van der Waals surface area contributed by atoms with Gasteiger partial charge < -0.3 is 0 Å². The summed E-state index contributed by atoms with van der Waals surface area (Å²) in [7, 11) is 1.94. The first-order chi connectivity index (χ1) is 6.74. The Hall–Kier alpha value is -1.10. The molecule has 0 bridgehead atoms. The van der Waals surface area contributed by atoms with Crippen molar-refractivity contribution in [3.05, 3.63) is 30.0 Å². The lowest BCUT2D eigenvalue weighted by atomic mass is 10.3. The third-order valence-electron chi connectivity index (χ3n) is 2.20. The fourth-order valence-electron chi connectivity index (χ4n) is 1.55. The van der Waals surface area contributed by atoms with Crippen molar-refractivity contribution in [2.24, 2.45) is 7.05 Å². The predicted octanol–water partition coefficient (Wildman–Crippen LogP) is 1.81. The van der Waals surface area contributed by atoms with Crippen molar-refractivity contribution in [3.8, 4) is 5.82 Å². The monoisotopic (exact) mass is 254 g/mol. The summed E-state index contributed by atoms with van der Waals surface area (Å²) in [6, 6.07) is 0. The van der Waals surface area contributed by atoms with Crippen LogP contribution in [0.15, 0.2) is 18.7 Å². The van der Waals surface area contributed by atoms with Crippen LogP contribution in [0.5, 0.6) is 0 Å². The standard InChI is InChI=1S/C9H11BrN4/c1-7-8(5-10)9(13(2)12-7)14-4-3-11-6-14/h3-4,6H,5H2,1-2H3. The number of nitrogens with zero attached hydrogens (tertiary/aromatic N) is 4. The molecule has 0 saturated carbocycles. The molecule has 0 fully saturated rings. The van der Waals surface area contributed by atoms with Crippen molar-refractivity contribution in [2.45, 2.75) is 12.3 Å². The van der Waals surface area contributed by atoms with Crippen LogP contribution in [0.2, 0.25) is 0 Å². The van der Waals surface area contributed by atoms with Gasteiger partial charge in [0, 0.05) is 30.3 Å². The Bertz CT molecular complexity index is 430. The van der Waals surface area contributed by atoms with E-state index >= 15 is 0 Å². The van der Waals surface area contributed by atoms with E-state index < -0.39 is 0 Å². The molecule has 2 rings (SSSR count). The van der Waals surface area contributed by atoms with E-state index in [0.717, 1.165) is 16.8 Å². The number of aromatic nitrogens is 4. The average molecular weight is 255 g/mol. The lowest BCUT2D eigenvalue weighted by molar-refractivity contribution is 0.721.